The molecule has 92 valence electrons. The van der Waals surface area contributed by atoms with Gasteiger partial charge in [0, 0.05) is 30.3 Å². The summed E-state index contributed by atoms with van der Waals surface area (Å²) in [5.41, 5.74) is 0. The summed E-state index contributed by atoms with van der Waals surface area (Å²) in [5, 5.41) is 6.31. The fourth-order valence-electron chi connectivity index (χ4n) is 1.90. The minimum absolute atomic E-state index is 0.142. The molecule has 2 N–H and O–H groups in total. The van der Waals surface area contributed by atoms with Crippen molar-refractivity contribution in [3.05, 3.63) is 0 Å². The van der Waals surface area contributed by atoms with Crippen molar-refractivity contribution >= 4 is 17.7 Å². The van der Waals surface area contributed by atoms with Crippen molar-refractivity contribution in [3.63, 3.8) is 0 Å². The molecule has 1 amide bonds. The highest BCUT2D eigenvalue weighted by Crippen LogP contribution is 2.46. The van der Waals surface area contributed by atoms with Gasteiger partial charge in [0.2, 0.25) is 5.91 Å². The summed E-state index contributed by atoms with van der Waals surface area (Å²) >= 11 is 1.87. The molecule has 1 aliphatic carbocycles. The monoisotopic (exact) mass is 244 g/mol. The maximum atomic E-state index is 11.7. The average Bonchev–Trinajstić information content (AvgIpc) is 3.09. The number of morpholine rings is 1. The van der Waals surface area contributed by atoms with Crippen LogP contribution in [0, 0.1) is 0 Å². The first-order valence-corrected chi connectivity index (χ1v) is 7.10. The Hall–Kier alpha value is -0.260. The SMILES string of the molecule is CSC1(CNC(=O)CC2COCCN2)CC1. The first-order chi connectivity index (χ1) is 7.74. The molecule has 0 aromatic rings. The van der Waals surface area contributed by atoms with Crippen LogP contribution in [0.5, 0.6) is 0 Å². The van der Waals surface area contributed by atoms with Gasteiger partial charge < -0.3 is 15.4 Å². The van der Waals surface area contributed by atoms with E-state index in [1.165, 1.54) is 12.8 Å². The largest absolute Gasteiger partial charge is 0.378 e. The minimum Gasteiger partial charge on any atom is -0.378 e. The van der Waals surface area contributed by atoms with Gasteiger partial charge in [0.25, 0.3) is 0 Å². The van der Waals surface area contributed by atoms with Crippen molar-refractivity contribution in [2.24, 2.45) is 0 Å². The van der Waals surface area contributed by atoms with E-state index in [-0.39, 0.29) is 11.9 Å². The van der Waals surface area contributed by atoms with Crippen molar-refractivity contribution in [3.8, 4) is 0 Å². The Labute approximate surface area is 101 Å². The molecule has 4 nitrogen and oxygen atoms in total. The van der Waals surface area contributed by atoms with E-state index in [1.54, 1.807) is 0 Å². The Morgan fingerprint density at radius 3 is 3.00 bits per heavy atom. The van der Waals surface area contributed by atoms with Gasteiger partial charge in [-0.2, -0.15) is 11.8 Å². The Kier molecular flexibility index (Phi) is 4.10. The lowest BCUT2D eigenvalue weighted by atomic mass is 10.2. The van der Waals surface area contributed by atoms with Crippen molar-refractivity contribution in [2.45, 2.75) is 30.1 Å². The van der Waals surface area contributed by atoms with Crippen LogP contribution in [0.15, 0.2) is 0 Å². The molecular weight excluding hydrogens is 224 g/mol. The van der Waals surface area contributed by atoms with E-state index in [1.807, 2.05) is 11.8 Å². The second-order valence-corrected chi connectivity index (χ2v) is 5.87. The fraction of sp³-hybridized carbons (Fsp3) is 0.909. The van der Waals surface area contributed by atoms with E-state index in [9.17, 15) is 4.79 Å². The molecule has 1 heterocycles. The van der Waals surface area contributed by atoms with Crippen molar-refractivity contribution < 1.29 is 9.53 Å². The Morgan fingerprint density at radius 1 is 1.62 bits per heavy atom. The highest BCUT2D eigenvalue weighted by atomic mass is 32.2. The lowest BCUT2D eigenvalue weighted by Crippen LogP contribution is -2.45. The molecule has 0 spiro atoms. The van der Waals surface area contributed by atoms with Crippen LogP contribution >= 0.6 is 11.8 Å². The molecule has 1 atom stereocenters. The smallest absolute Gasteiger partial charge is 0.221 e. The lowest BCUT2D eigenvalue weighted by molar-refractivity contribution is -0.122. The van der Waals surface area contributed by atoms with Gasteiger partial charge in [-0.25, -0.2) is 0 Å². The van der Waals surface area contributed by atoms with Gasteiger partial charge in [-0.1, -0.05) is 0 Å². The lowest BCUT2D eigenvalue weighted by Gasteiger charge is -2.23. The summed E-state index contributed by atoms with van der Waals surface area (Å²) in [5.74, 6) is 0.142. The quantitative estimate of drug-likeness (QED) is 0.734. The summed E-state index contributed by atoms with van der Waals surface area (Å²) in [4.78, 5) is 11.7. The van der Waals surface area contributed by atoms with Crippen LogP contribution in [-0.2, 0) is 9.53 Å². The van der Waals surface area contributed by atoms with Crippen molar-refractivity contribution in [1.29, 1.82) is 0 Å². The zero-order valence-corrected chi connectivity index (χ0v) is 10.6. The molecular formula is C11H20N2O2S. The molecule has 1 unspecified atom stereocenters. The number of rotatable bonds is 5. The Balaban J connectivity index is 1.64. The summed E-state index contributed by atoms with van der Waals surface area (Å²) in [7, 11) is 0. The van der Waals surface area contributed by atoms with Crippen LogP contribution < -0.4 is 10.6 Å². The van der Waals surface area contributed by atoms with Crippen molar-refractivity contribution in [1.82, 2.24) is 10.6 Å². The molecule has 5 heteroatoms. The highest BCUT2D eigenvalue weighted by molar-refractivity contribution is 8.00. The molecule has 0 bridgehead atoms. The van der Waals surface area contributed by atoms with Gasteiger partial charge in [0.15, 0.2) is 0 Å². The summed E-state index contributed by atoms with van der Waals surface area (Å²) in [6.45, 7) is 3.09. The third-order valence-electron chi connectivity index (χ3n) is 3.28. The number of nitrogens with one attached hydrogen (secondary N) is 2. The van der Waals surface area contributed by atoms with Crippen LogP contribution in [-0.4, -0.2) is 49.3 Å². The first-order valence-electron chi connectivity index (χ1n) is 5.87. The predicted octanol–water partition coefficient (Wildman–Crippen LogP) is 0.377. The van der Waals surface area contributed by atoms with Crippen molar-refractivity contribution in [2.75, 3.05) is 32.6 Å². The first kappa shape index (κ1) is 12.2. The van der Waals surface area contributed by atoms with Gasteiger partial charge in [0.1, 0.15) is 0 Å². The minimum atomic E-state index is 0.142. The maximum Gasteiger partial charge on any atom is 0.221 e. The molecule has 1 saturated carbocycles. The van der Waals surface area contributed by atoms with E-state index in [2.05, 4.69) is 16.9 Å². The second-order valence-electron chi connectivity index (χ2n) is 4.59. The molecule has 2 fully saturated rings. The van der Waals surface area contributed by atoms with Crippen LogP contribution in [0.3, 0.4) is 0 Å². The van der Waals surface area contributed by atoms with Crippen LogP contribution in [0.4, 0.5) is 0 Å². The van der Waals surface area contributed by atoms with E-state index in [0.717, 1.165) is 19.7 Å². The maximum absolute atomic E-state index is 11.7. The standard InChI is InChI=1S/C11H20N2O2S/c1-16-11(2-3-11)8-13-10(14)6-9-7-15-5-4-12-9/h9,12H,2-8H2,1H3,(H,13,14). The Morgan fingerprint density at radius 2 is 2.44 bits per heavy atom. The molecule has 1 aliphatic heterocycles. The molecule has 2 rings (SSSR count). The molecule has 2 aliphatic rings. The third kappa shape index (κ3) is 3.37. The summed E-state index contributed by atoms with van der Waals surface area (Å²) in [6, 6.07) is 0.193. The number of carbonyl (C=O) groups is 1. The number of hydrogen-bond acceptors (Lipinski definition) is 4. The van der Waals surface area contributed by atoms with E-state index >= 15 is 0 Å². The average molecular weight is 244 g/mol. The van der Waals surface area contributed by atoms with Crippen LogP contribution in [0.25, 0.3) is 0 Å². The van der Waals surface area contributed by atoms with Gasteiger partial charge in [-0.15, -0.1) is 0 Å². The molecule has 16 heavy (non-hydrogen) atoms. The number of thioether (sulfide) groups is 1. The number of amides is 1. The van der Waals surface area contributed by atoms with E-state index < -0.39 is 0 Å². The predicted molar refractivity (Wildman–Crippen MR) is 65.7 cm³/mol. The fourth-order valence-corrected chi connectivity index (χ4v) is 2.63. The van der Waals surface area contributed by atoms with Gasteiger partial charge in [-0.05, 0) is 19.1 Å². The van der Waals surface area contributed by atoms with Gasteiger partial charge in [-0.3, -0.25) is 4.79 Å². The molecule has 0 radical (unpaired) electrons. The normalized spacial score (nSPS) is 27.4. The van der Waals surface area contributed by atoms with Crippen LogP contribution in [0.2, 0.25) is 0 Å². The second kappa shape index (κ2) is 5.38. The summed E-state index contributed by atoms with van der Waals surface area (Å²) < 4.78 is 5.67. The highest BCUT2D eigenvalue weighted by Gasteiger charge is 2.41. The topological polar surface area (TPSA) is 50.4 Å². The number of hydrogen-bond donors (Lipinski definition) is 2. The molecule has 1 saturated heterocycles. The summed E-state index contributed by atoms with van der Waals surface area (Å²) in [6.07, 6.45) is 5.12. The molecule has 0 aromatic carbocycles. The van der Waals surface area contributed by atoms with E-state index in [4.69, 9.17) is 4.74 Å². The van der Waals surface area contributed by atoms with E-state index in [0.29, 0.717) is 17.8 Å². The third-order valence-corrected chi connectivity index (χ3v) is 4.70. The molecule has 0 aromatic heterocycles. The zero-order chi connectivity index (χ0) is 11.4. The zero-order valence-electron chi connectivity index (χ0n) is 9.75. The van der Waals surface area contributed by atoms with Crippen LogP contribution in [0.1, 0.15) is 19.3 Å². The van der Waals surface area contributed by atoms with Gasteiger partial charge in [0.05, 0.1) is 13.2 Å². The van der Waals surface area contributed by atoms with Gasteiger partial charge >= 0.3 is 0 Å². The number of carbonyl (C=O) groups excluding carboxylic acids is 1. The number of ether oxygens (including phenoxy) is 1. The Bertz CT molecular complexity index is 250.